The molecule has 0 saturated heterocycles. The second-order valence-electron chi connectivity index (χ2n) is 3.69. The van der Waals surface area contributed by atoms with E-state index in [1.54, 1.807) is 6.92 Å². The molecule has 0 aromatic rings. The monoisotopic (exact) mass is 179 g/mol. The van der Waals surface area contributed by atoms with Gasteiger partial charge in [0.2, 0.25) is 0 Å². The summed E-state index contributed by atoms with van der Waals surface area (Å²) >= 11 is 0. The molecule has 0 bridgehead atoms. The largest absolute Gasteiger partial charge is 0.328 e. The Balaban J connectivity index is 2.40. The molecule has 1 aliphatic carbocycles. The van der Waals surface area contributed by atoms with Gasteiger partial charge < -0.3 is 5.73 Å². The Morgan fingerprint density at radius 2 is 2.31 bits per heavy atom. The second kappa shape index (κ2) is 5.04. The molecule has 2 nitrogen and oxygen atoms in total. The van der Waals surface area contributed by atoms with Crippen molar-refractivity contribution < 1.29 is 4.79 Å². The third-order valence-corrected chi connectivity index (χ3v) is 2.61. The highest BCUT2D eigenvalue weighted by atomic mass is 16.1. The number of Topliss-reactive ketones (excluding diaryl/α,β-unsaturated/α-hetero) is 1. The first-order valence-electron chi connectivity index (χ1n) is 4.92. The molecule has 1 rings (SSSR count). The van der Waals surface area contributed by atoms with Gasteiger partial charge in [-0.3, -0.25) is 4.79 Å². The average molecular weight is 179 g/mol. The van der Waals surface area contributed by atoms with Crippen LogP contribution in [0.2, 0.25) is 0 Å². The van der Waals surface area contributed by atoms with Gasteiger partial charge in [0.1, 0.15) is 5.78 Å². The molecule has 1 saturated carbocycles. The molecule has 2 unspecified atom stereocenters. The molecule has 72 valence electrons. The summed E-state index contributed by atoms with van der Waals surface area (Å²) < 4.78 is 0. The normalized spacial score (nSPS) is 27.5. The summed E-state index contributed by atoms with van der Waals surface area (Å²) in [7, 11) is 0. The first kappa shape index (κ1) is 10.3. The number of ketones is 1. The Morgan fingerprint density at radius 3 is 2.92 bits per heavy atom. The van der Waals surface area contributed by atoms with Crippen molar-refractivity contribution in [3.8, 4) is 11.8 Å². The lowest BCUT2D eigenvalue weighted by Crippen LogP contribution is -2.31. The molecule has 13 heavy (non-hydrogen) atoms. The van der Waals surface area contributed by atoms with E-state index in [9.17, 15) is 4.79 Å². The smallest absolute Gasteiger partial charge is 0.147 e. The number of carbonyl (C=O) groups excluding carboxylic acids is 1. The zero-order chi connectivity index (χ0) is 9.68. The first-order valence-corrected chi connectivity index (χ1v) is 4.92. The van der Waals surface area contributed by atoms with E-state index in [-0.39, 0.29) is 17.7 Å². The molecule has 1 aliphatic rings. The second-order valence-corrected chi connectivity index (χ2v) is 3.69. The highest BCUT2D eigenvalue weighted by Gasteiger charge is 2.24. The lowest BCUT2D eigenvalue weighted by atomic mass is 9.83. The molecule has 0 heterocycles. The summed E-state index contributed by atoms with van der Waals surface area (Å²) in [6.07, 6.45) is 4.45. The van der Waals surface area contributed by atoms with Crippen LogP contribution in [-0.4, -0.2) is 11.8 Å². The van der Waals surface area contributed by atoms with Gasteiger partial charge in [0.05, 0.1) is 6.42 Å². The molecular weight excluding hydrogens is 162 g/mol. The Kier molecular flexibility index (Phi) is 3.98. The van der Waals surface area contributed by atoms with Gasteiger partial charge in [0.25, 0.3) is 0 Å². The predicted molar refractivity (Wildman–Crippen MR) is 53.0 cm³/mol. The first-order chi connectivity index (χ1) is 6.24. The average Bonchev–Trinajstić information content (AvgIpc) is 2.14. The van der Waals surface area contributed by atoms with Crippen molar-refractivity contribution in [3.63, 3.8) is 0 Å². The summed E-state index contributed by atoms with van der Waals surface area (Å²) in [5, 5.41) is 0. The van der Waals surface area contributed by atoms with Gasteiger partial charge in [-0.15, -0.1) is 5.92 Å². The number of rotatable bonds is 2. The maximum Gasteiger partial charge on any atom is 0.147 e. The molecule has 0 aliphatic heterocycles. The number of carbonyl (C=O) groups is 1. The highest BCUT2D eigenvalue weighted by Crippen LogP contribution is 2.24. The maximum atomic E-state index is 11.5. The van der Waals surface area contributed by atoms with Crippen molar-refractivity contribution in [2.24, 2.45) is 11.7 Å². The molecule has 0 amide bonds. The lowest BCUT2D eigenvalue weighted by Gasteiger charge is -2.24. The highest BCUT2D eigenvalue weighted by molar-refractivity contribution is 5.83. The Bertz CT molecular complexity index is 236. The predicted octanol–water partition coefficient (Wildman–Crippen LogP) is 1.49. The van der Waals surface area contributed by atoms with Gasteiger partial charge in [-0.2, -0.15) is 0 Å². The number of nitrogens with two attached hydrogens (primary N) is 1. The molecule has 0 spiro atoms. The number of hydrogen-bond donors (Lipinski definition) is 1. The fourth-order valence-corrected chi connectivity index (χ4v) is 1.84. The van der Waals surface area contributed by atoms with Gasteiger partial charge in [0.15, 0.2) is 0 Å². The Labute approximate surface area is 79.9 Å². The SMILES string of the molecule is CC#CCC(=O)C1CCCC(N)C1. The molecule has 2 N–H and O–H groups in total. The molecule has 0 aromatic heterocycles. The topological polar surface area (TPSA) is 43.1 Å². The van der Waals surface area contributed by atoms with Crippen LogP contribution in [0.5, 0.6) is 0 Å². The van der Waals surface area contributed by atoms with E-state index in [0.717, 1.165) is 25.7 Å². The van der Waals surface area contributed by atoms with Crippen molar-refractivity contribution in [2.45, 2.75) is 45.1 Å². The molecule has 2 heteroatoms. The van der Waals surface area contributed by atoms with Crippen LogP contribution in [0, 0.1) is 17.8 Å². The van der Waals surface area contributed by atoms with Gasteiger partial charge in [0, 0.05) is 12.0 Å². The van der Waals surface area contributed by atoms with Crippen LogP contribution in [0.4, 0.5) is 0 Å². The summed E-state index contributed by atoms with van der Waals surface area (Å²) in [6.45, 7) is 1.76. The van der Waals surface area contributed by atoms with Gasteiger partial charge >= 0.3 is 0 Å². The van der Waals surface area contributed by atoms with E-state index in [0.29, 0.717) is 6.42 Å². The van der Waals surface area contributed by atoms with Crippen molar-refractivity contribution in [3.05, 3.63) is 0 Å². The summed E-state index contributed by atoms with van der Waals surface area (Å²) in [5.41, 5.74) is 5.80. The summed E-state index contributed by atoms with van der Waals surface area (Å²) in [4.78, 5) is 11.5. The number of hydrogen-bond acceptors (Lipinski definition) is 2. The van der Waals surface area contributed by atoms with Gasteiger partial charge in [-0.05, 0) is 26.2 Å². The van der Waals surface area contributed by atoms with Crippen LogP contribution in [0.1, 0.15) is 39.0 Å². The van der Waals surface area contributed by atoms with E-state index in [1.807, 2.05) is 0 Å². The standard InChI is InChI=1S/C11H17NO/c1-2-3-7-11(13)9-5-4-6-10(12)8-9/h9-10H,4-8,12H2,1H3. The van der Waals surface area contributed by atoms with E-state index in [2.05, 4.69) is 11.8 Å². The van der Waals surface area contributed by atoms with Crippen molar-refractivity contribution in [1.29, 1.82) is 0 Å². The molecule has 0 radical (unpaired) electrons. The van der Waals surface area contributed by atoms with E-state index in [4.69, 9.17) is 5.73 Å². The Hall–Kier alpha value is -0.810. The summed E-state index contributed by atoms with van der Waals surface area (Å²) in [5.74, 6) is 6.03. The molecule has 1 fully saturated rings. The lowest BCUT2D eigenvalue weighted by molar-refractivity contribution is -0.122. The minimum atomic E-state index is 0.185. The van der Waals surface area contributed by atoms with Crippen LogP contribution in [0.15, 0.2) is 0 Å². The Morgan fingerprint density at radius 1 is 1.54 bits per heavy atom. The van der Waals surface area contributed by atoms with E-state index < -0.39 is 0 Å². The quantitative estimate of drug-likeness (QED) is 0.652. The van der Waals surface area contributed by atoms with E-state index in [1.165, 1.54) is 0 Å². The van der Waals surface area contributed by atoms with Crippen molar-refractivity contribution >= 4 is 5.78 Å². The molecular formula is C11H17NO. The third kappa shape index (κ3) is 3.20. The van der Waals surface area contributed by atoms with Crippen molar-refractivity contribution in [2.75, 3.05) is 0 Å². The van der Waals surface area contributed by atoms with Crippen LogP contribution in [-0.2, 0) is 4.79 Å². The minimum Gasteiger partial charge on any atom is -0.328 e. The van der Waals surface area contributed by atoms with Gasteiger partial charge in [-0.25, -0.2) is 0 Å². The van der Waals surface area contributed by atoms with Crippen LogP contribution in [0.25, 0.3) is 0 Å². The summed E-state index contributed by atoms with van der Waals surface area (Å²) in [6, 6.07) is 0.234. The van der Waals surface area contributed by atoms with E-state index >= 15 is 0 Å². The molecule has 0 aromatic carbocycles. The fraction of sp³-hybridized carbons (Fsp3) is 0.727. The van der Waals surface area contributed by atoms with Crippen LogP contribution >= 0.6 is 0 Å². The van der Waals surface area contributed by atoms with Crippen molar-refractivity contribution in [1.82, 2.24) is 0 Å². The van der Waals surface area contributed by atoms with Gasteiger partial charge in [-0.1, -0.05) is 12.3 Å². The molecule has 2 atom stereocenters. The minimum absolute atomic E-state index is 0.185. The zero-order valence-electron chi connectivity index (χ0n) is 8.18. The van der Waals surface area contributed by atoms with Crippen LogP contribution in [0.3, 0.4) is 0 Å². The maximum absolute atomic E-state index is 11.5. The van der Waals surface area contributed by atoms with Crippen LogP contribution < -0.4 is 5.73 Å². The third-order valence-electron chi connectivity index (χ3n) is 2.61. The fourth-order valence-electron chi connectivity index (χ4n) is 1.84. The zero-order valence-corrected chi connectivity index (χ0v) is 8.18.